The van der Waals surface area contributed by atoms with Gasteiger partial charge in [-0.2, -0.15) is 13.2 Å². The molecule has 1 aromatic heterocycles. The molecule has 0 amide bonds. The molecule has 28 heavy (non-hydrogen) atoms. The highest BCUT2D eigenvalue weighted by atomic mass is 19.4. The number of nitrogens with two attached hydrogens (primary N) is 1. The number of para-hydroxylation sites is 2. The molecule has 13 heteroatoms. The van der Waals surface area contributed by atoms with Crippen LogP contribution in [0.25, 0.3) is 0 Å². The molecule has 0 saturated carbocycles. The monoisotopic (exact) mass is 408 g/mol. The second kappa shape index (κ2) is 8.63. The van der Waals surface area contributed by atoms with Gasteiger partial charge < -0.3 is 21.1 Å². The maximum Gasteiger partial charge on any atom is 0.573 e. The van der Waals surface area contributed by atoms with E-state index in [0.29, 0.717) is 0 Å². The van der Waals surface area contributed by atoms with Crippen molar-refractivity contribution >= 4 is 17.6 Å². The van der Waals surface area contributed by atoms with Crippen molar-refractivity contribution in [1.29, 1.82) is 0 Å². The van der Waals surface area contributed by atoms with Crippen molar-refractivity contribution in [3.05, 3.63) is 42.2 Å². The van der Waals surface area contributed by atoms with Gasteiger partial charge >= 0.3 is 12.5 Å². The third kappa shape index (κ3) is 6.81. The summed E-state index contributed by atoms with van der Waals surface area (Å²) >= 11 is 0. The minimum atomic E-state index is -4.88. The first kappa shape index (κ1) is 21.1. The zero-order valence-corrected chi connectivity index (χ0v) is 14.0. The minimum absolute atomic E-state index is 0.0132. The van der Waals surface area contributed by atoms with Crippen LogP contribution in [0.15, 0.2) is 41.5 Å². The third-order valence-electron chi connectivity index (χ3n) is 3.00. The van der Waals surface area contributed by atoms with Crippen LogP contribution in [0.3, 0.4) is 0 Å². The molecule has 2 aromatic rings. The van der Waals surface area contributed by atoms with Crippen LogP contribution >= 0.6 is 0 Å². The summed E-state index contributed by atoms with van der Waals surface area (Å²) in [5, 5.41) is 4.99. The molecule has 0 atom stereocenters. The van der Waals surface area contributed by atoms with E-state index in [0.717, 1.165) is 18.3 Å². The standard InChI is InChI=1S/C15H14F6N6O/c16-14(17,18)11-5-6-24-13(27-11)25-8-7-23-12(22)26-9-3-1-2-4-10(9)28-15(19,20)21/h1-6H,7-8H2,(H3,22,23,26)(H,24,25,27). The van der Waals surface area contributed by atoms with Crippen molar-refractivity contribution < 1.29 is 31.1 Å². The summed E-state index contributed by atoms with van der Waals surface area (Å²) < 4.78 is 78.6. The van der Waals surface area contributed by atoms with Gasteiger partial charge in [0.15, 0.2) is 11.7 Å². The fourth-order valence-corrected chi connectivity index (χ4v) is 1.91. The molecule has 0 bridgehead atoms. The van der Waals surface area contributed by atoms with Gasteiger partial charge in [-0.15, -0.1) is 13.2 Å². The van der Waals surface area contributed by atoms with Crippen LogP contribution in [0.2, 0.25) is 0 Å². The van der Waals surface area contributed by atoms with Gasteiger partial charge in [0.2, 0.25) is 5.95 Å². The van der Waals surface area contributed by atoms with Crippen LogP contribution in [-0.2, 0) is 6.18 Å². The number of alkyl halides is 6. The van der Waals surface area contributed by atoms with Crippen molar-refractivity contribution in [2.45, 2.75) is 12.5 Å². The van der Waals surface area contributed by atoms with Crippen LogP contribution < -0.4 is 21.1 Å². The Morgan fingerprint density at radius 1 is 1.11 bits per heavy atom. The highest BCUT2D eigenvalue weighted by molar-refractivity contribution is 5.93. The quantitative estimate of drug-likeness (QED) is 0.294. The van der Waals surface area contributed by atoms with Crippen molar-refractivity contribution in [3.63, 3.8) is 0 Å². The van der Waals surface area contributed by atoms with Gasteiger partial charge in [-0.3, -0.25) is 4.99 Å². The maximum absolute atomic E-state index is 12.6. The lowest BCUT2D eigenvalue weighted by atomic mass is 10.3. The molecule has 152 valence electrons. The number of rotatable bonds is 6. The molecule has 1 aromatic carbocycles. The molecule has 2 rings (SSSR count). The van der Waals surface area contributed by atoms with E-state index in [4.69, 9.17) is 5.73 Å². The van der Waals surface area contributed by atoms with Crippen LogP contribution in [0.4, 0.5) is 38.0 Å². The number of benzene rings is 1. The Labute approximate surface area is 154 Å². The van der Waals surface area contributed by atoms with Crippen molar-refractivity contribution in [1.82, 2.24) is 9.97 Å². The summed E-state index contributed by atoms with van der Waals surface area (Å²) in [6.45, 7) is 0.0190. The Morgan fingerprint density at radius 2 is 1.82 bits per heavy atom. The number of nitrogens with zero attached hydrogens (tertiary/aromatic N) is 3. The summed E-state index contributed by atoms with van der Waals surface area (Å²) in [5.41, 5.74) is 4.43. The van der Waals surface area contributed by atoms with Gasteiger partial charge in [0, 0.05) is 12.7 Å². The average molecular weight is 408 g/mol. The van der Waals surface area contributed by atoms with Gasteiger partial charge in [0.05, 0.1) is 12.2 Å². The highest BCUT2D eigenvalue weighted by Crippen LogP contribution is 2.30. The van der Waals surface area contributed by atoms with Gasteiger partial charge in [-0.25, -0.2) is 9.97 Å². The number of hydrogen-bond donors (Lipinski definition) is 3. The van der Waals surface area contributed by atoms with Crippen molar-refractivity contribution in [2.24, 2.45) is 10.7 Å². The molecule has 0 aliphatic rings. The molecule has 4 N–H and O–H groups in total. The number of ether oxygens (including phenoxy) is 1. The number of aliphatic imine (C=N–C) groups is 1. The van der Waals surface area contributed by atoms with E-state index in [1.165, 1.54) is 18.2 Å². The Kier molecular flexibility index (Phi) is 6.49. The highest BCUT2D eigenvalue weighted by Gasteiger charge is 2.33. The lowest BCUT2D eigenvalue weighted by Gasteiger charge is -2.14. The number of nitrogens with one attached hydrogen (secondary N) is 2. The number of anilines is 2. The molecule has 0 radical (unpaired) electrons. The molecule has 1 heterocycles. The number of hydrogen-bond acceptors (Lipinski definition) is 5. The van der Waals surface area contributed by atoms with Crippen LogP contribution in [0, 0.1) is 0 Å². The van der Waals surface area contributed by atoms with Crippen molar-refractivity contribution in [2.75, 3.05) is 23.7 Å². The Bertz CT molecular complexity index is 823. The number of guanidine groups is 1. The van der Waals surface area contributed by atoms with E-state index in [1.807, 2.05) is 0 Å². The van der Waals surface area contributed by atoms with Gasteiger partial charge in [-0.1, -0.05) is 12.1 Å². The molecule has 0 aliphatic carbocycles. The third-order valence-corrected chi connectivity index (χ3v) is 3.00. The minimum Gasteiger partial charge on any atom is -0.404 e. The maximum atomic E-state index is 12.6. The average Bonchev–Trinajstić information content (AvgIpc) is 2.59. The number of aromatic nitrogens is 2. The normalized spacial score (nSPS) is 12.6. The predicted molar refractivity (Wildman–Crippen MR) is 88.8 cm³/mol. The Hall–Kier alpha value is -3.25. The van der Waals surface area contributed by atoms with Crippen LogP contribution in [-0.4, -0.2) is 35.4 Å². The molecule has 0 aliphatic heterocycles. The van der Waals surface area contributed by atoms with E-state index < -0.39 is 24.0 Å². The Balaban J connectivity index is 1.91. The molecule has 0 unspecified atom stereocenters. The zero-order chi connectivity index (χ0) is 20.8. The fraction of sp³-hybridized carbons (Fsp3) is 0.267. The summed E-state index contributed by atoms with van der Waals surface area (Å²) in [7, 11) is 0. The fourth-order valence-electron chi connectivity index (χ4n) is 1.91. The van der Waals surface area contributed by atoms with E-state index in [-0.39, 0.29) is 30.7 Å². The second-order valence-corrected chi connectivity index (χ2v) is 5.13. The topological polar surface area (TPSA) is 97.5 Å². The van der Waals surface area contributed by atoms with Gasteiger partial charge in [-0.05, 0) is 18.2 Å². The summed E-state index contributed by atoms with van der Waals surface area (Å²) in [6.07, 6.45) is -8.52. The van der Waals surface area contributed by atoms with E-state index in [9.17, 15) is 26.3 Å². The zero-order valence-electron chi connectivity index (χ0n) is 14.0. The van der Waals surface area contributed by atoms with E-state index in [1.54, 1.807) is 0 Å². The SMILES string of the molecule is NC(=NCCNc1nccc(C(F)(F)F)n1)Nc1ccccc1OC(F)(F)F. The summed E-state index contributed by atoms with van der Waals surface area (Å²) in [4.78, 5) is 10.8. The van der Waals surface area contributed by atoms with Crippen LogP contribution in [0.1, 0.15) is 5.69 Å². The summed E-state index contributed by atoms with van der Waals surface area (Å²) in [6, 6.07) is 5.93. The van der Waals surface area contributed by atoms with Gasteiger partial charge in [0.25, 0.3) is 0 Å². The molecular weight excluding hydrogens is 394 g/mol. The Morgan fingerprint density at radius 3 is 2.50 bits per heavy atom. The molecule has 7 nitrogen and oxygen atoms in total. The lowest BCUT2D eigenvalue weighted by molar-refractivity contribution is -0.274. The second-order valence-electron chi connectivity index (χ2n) is 5.13. The first-order valence-electron chi connectivity index (χ1n) is 7.60. The molecule has 0 fully saturated rings. The smallest absolute Gasteiger partial charge is 0.404 e. The molecule has 0 saturated heterocycles. The van der Waals surface area contributed by atoms with Crippen molar-refractivity contribution in [3.8, 4) is 5.75 Å². The first-order valence-corrected chi connectivity index (χ1v) is 7.60. The van der Waals surface area contributed by atoms with E-state index in [2.05, 4.69) is 30.3 Å². The molecule has 0 spiro atoms. The largest absolute Gasteiger partial charge is 0.573 e. The lowest BCUT2D eigenvalue weighted by Crippen LogP contribution is -2.25. The van der Waals surface area contributed by atoms with Gasteiger partial charge in [0.1, 0.15) is 5.69 Å². The van der Waals surface area contributed by atoms with Crippen LogP contribution in [0.5, 0.6) is 5.75 Å². The molecular formula is C15H14F6N6O. The van der Waals surface area contributed by atoms with E-state index >= 15 is 0 Å². The number of halogens is 6. The first-order chi connectivity index (χ1) is 13.0. The summed E-state index contributed by atoms with van der Waals surface area (Å²) in [5.74, 6) is -0.964. The predicted octanol–water partition coefficient (Wildman–Crippen LogP) is 3.23.